The van der Waals surface area contributed by atoms with Crippen molar-refractivity contribution in [2.45, 2.75) is 45.1 Å². The van der Waals surface area contributed by atoms with Crippen LogP contribution in [0.3, 0.4) is 0 Å². The summed E-state index contributed by atoms with van der Waals surface area (Å²) in [6.45, 7) is 5.68. The second-order valence-corrected chi connectivity index (χ2v) is 5.94. The summed E-state index contributed by atoms with van der Waals surface area (Å²) in [5.41, 5.74) is 5.70. The molecule has 2 fully saturated rings. The number of hydrogen-bond acceptors (Lipinski definition) is 2. The van der Waals surface area contributed by atoms with E-state index in [4.69, 9.17) is 10.5 Å². The van der Waals surface area contributed by atoms with E-state index in [9.17, 15) is 0 Å². The minimum absolute atomic E-state index is 0.169. The Morgan fingerprint density at radius 2 is 2.07 bits per heavy atom. The van der Waals surface area contributed by atoms with Crippen LogP contribution in [0.5, 0.6) is 0 Å². The van der Waals surface area contributed by atoms with Gasteiger partial charge >= 0.3 is 0 Å². The highest BCUT2D eigenvalue weighted by Crippen LogP contribution is 2.48. The highest BCUT2D eigenvalue weighted by Gasteiger charge is 2.39. The van der Waals surface area contributed by atoms with Gasteiger partial charge in [0.05, 0.1) is 6.61 Å². The van der Waals surface area contributed by atoms with Crippen molar-refractivity contribution in [1.82, 2.24) is 0 Å². The van der Waals surface area contributed by atoms with Crippen molar-refractivity contribution >= 4 is 0 Å². The molecule has 2 bridgehead atoms. The Bertz CT molecular complexity index is 197. The average molecular weight is 197 g/mol. The van der Waals surface area contributed by atoms with Crippen LogP contribution in [0.25, 0.3) is 0 Å². The zero-order valence-corrected chi connectivity index (χ0v) is 9.46. The van der Waals surface area contributed by atoms with E-state index in [-0.39, 0.29) is 5.54 Å². The third-order valence-electron chi connectivity index (χ3n) is 3.69. The zero-order chi connectivity index (χ0) is 10.2. The summed E-state index contributed by atoms with van der Waals surface area (Å²) in [7, 11) is 0. The zero-order valence-electron chi connectivity index (χ0n) is 9.46. The van der Waals surface area contributed by atoms with Gasteiger partial charge in [-0.05, 0) is 50.9 Å². The monoisotopic (exact) mass is 197 g/mol. The van der Waals surface area contributed by atoms with Gasteiger partial charge in [-0.25, -0.2) is 0 Å². The van der Waals surface area contributed by atoms with Crippen LogP contribution in [0.1, 0.15) is 39.5 Å². The van der Waals surface area contributed by atoms with Crippen LogP contribution in [0.15, 0.2) is 0 Å². The van der Waals surface area contributed by atoms with Crippen LogP contribution in [-0.2, 0) is 4.74 Å². The lowest BCUT2D eigenvalue weighted by Gasteiger charge is -2.24. The summed E-state index contributed by atoms with van der Waals surface area (Å²) < 4.78 is 5.71. The molecule has 82 valence electrons. The number of rotatable bonds is 4. The summed E-state index contributed by atoms with van der Waals surface area (Å²) >= 11 is 0. The quantitative estimate of drug-likeness (QED) is 0.749. The second-order valence-electron chi connectivity index (χ2n) is 5.94. The van der Waals surface area contributed by atoms with E-state index >= 15 is 0 Å². The van der Waals surface area contributed by atoms with Crippen molar-refractivity contribution in [3.63, 3.8) is 0 Å². The van der Waals surface area contributed by atoms with E-state index in [1.807, 2.05) is 13.8 Å². The SMILES string of the molecule is CC(C)(N)COCC1CC2CCC1C2. The predicted molar refractivity (Wildman–Crippen MR) is 58.0 cm³/mol. The first-order valence-electron chi connectivity index (χ1n) is 5.91. The third kappa shape index (κ3) is 2.48. The number of fused-ring (bicyclic) bond motifs is 2. The van der Waals surface area contributed by atoms with Crippen molar-refractivity contribution in [3.8, 4) is 0 Å². The normalized spacial score (nSPS) is 36.6. The highest BCUT2D eigenvalue weighted by molar-refractivity contribution is 4.89. The molecule has 2 aliphatic rings. The molecule has 0 spiro atoms. The summed E-state index contributed by atoms with van der Waals surface area (Å²) in [4.78, 5) is 0. The molecule has 0 aromatic heterocycles. The van der Waals surface area contributed by atoms with Crippen LogP contribution < -0.4 is 5.73 Å². The van der Waals surface area contributed by atoms with Crippen molar-refractivity contribution < 1.29 is 4.74 Å². The van der Waals surface area contributed by atoms with E-state index in [1.54, 1.807) is 0 Å². The fraction of sp³-hybridized carbons (Fsp3) is 1.00. The Hall–Kier alpha value is -0.0800. The first-order chi connectivity index (χ1) is 6.54. The van der Waals surface area contributed by atoms with Crippen LogP contribution >= 0.6 is 0 Å². The summed E-state index contributed by atoms with van der Waals surface area (Å²) in [6, 6.07) is 0. The number of hydrogen-bond donors (Lipinski definition) is 1. The largest absolute Gasteiger partial charge is 0.379 e. The topological polar surface area (TPSA) is 35.2 Å². The van der Waals surface area contributed by atoms with Crippen molar-refractivity contribution in [2.75, 3.05) is 13.2 Å². The molecule has 3 atom stereocenters. The Balaban J connectivity index is 1.67. The fourth-order valence-electron chi connectivity index (χ4n) is 3.05. The number of nitrogens with two attached hydrogens (primary N) is 1. The van der Waals surface area contributed by atoms with Gasteiger partial charge in [0.1, 0.15) is 0 Å². The maximum Gasteiger partial charge on any atom is 0.0640 e. The third-order valence-corrected chi connectivity index (χ3v) is 3.69. The molecule has 2 nitrogen and oxygen atoms in total. The standard InChI is InChI=1S/C12H23NO/c1-12(2,13)8-14-7-11-6-9-3-4-10(11)5-9/h9-11H,3-8,13H2,1-2H3. The molecule has 14 heavy (non-hydrogen) atoms. The second kappa shape index (κ2) is 3.82. The molecule has 0 amide bonds. The predicted octanol–water partition coefficient (Wildman–Crippen LogP) is 2.18. The van der Waals surface area contributed by atoms with Crippen molar-refractivity contribution in [1.29, 1.82) is 0 Å². The number of ether oxygens (including phenoxy) is 1. The van der Waals surface area contributed by atoms with E-state index in [0.717, 1.165) is 24.4 Å². The van der Waals surface area contributed by atoms with Gasteiger partial charge in [0.25, 0.3) is 0 Å². The van der Waals surface area contributed by atoms with Gasteiger partial charge in [0.15, 0.2) is 0 Å². The van der Waals surface area contributed by atoms with E-state index < -0.39 is 0 Å². The van der Waals surface area contributed by atoms with Gasteiger partial charge in [0, 0.05) is 12.1 Å². The lowest BCUT2D eigenvalue weighted by Crippen LogP contribution is -2.38. The molecule has 2 N–H and O–H groups in total. The average Bonchev–Trinajstić information content (AvgIpc) is 2.62. The lowest BCUT2D eigenvalue weighted by atomic mass is 9.89. The molecule has 0 saturated heterocycles. The molecule has 2 heteroatoms. The maximum atomic E-state index is 5.87. The maximum absolute atomic E-state index is 5.87. The first-order valence-corrected chi connectivity index (χ1v) is 5.91. The van der Waals surface area contributed by atoms with Crippen LogP contribution in [-0.4, -0.2) is 18.8 Å². The highest BCUT2D eigenvalue weighted by atomic mass is 16.5. The molecule has 0 heterocycles. The van der Waals surface area contributed by atoms with Crippen molar-refractivity contribution in [2.24, 2.45) is 23.5 Å². The molecule has 3 unspecified atom stereocenters. The summed E-state index contributed by atoms with van der Waals surface area (Å²) in [6.07, 6.45) is 5.81. The van der Waals surface area contributed by atoms with Gasteiger partial charge in [-0.3, -0.25) is 0 Å². The Morgan fingerprint density at radius 1 is 1.29 bits per heavy atom. The fourth-order valence-corrected chi connectivity index (χ4v) is 3.05. The molecule has 0 radical (unpaired) electrons. The molecular formula is C12H23NO. The van der Waals surface area contributed by atoms with Crippen LogP contribution in [0.2, 0.25) is 0 Å². The van der Waals surface area contributed by atoms with E-state index in [2.05, 4.69) is 0 Å². The van der Waals surface area contributed by atoms with Gasteiger partial charge in [-0.1, -0.05) is 6.42 Å². The van der Waals surface area contributed by atoms with Gasteiger partial charge < -0.3 is 10.5 Å². The lowest BCUT2D eigenvalue weighted by molar-refractivity contribution is 0.0535. The van der Waals surface area contributed by atoms with Crippen LogP contribution in [0.4, 0.5) is 0 Å². The van der Waals surface area contributed by atoms with Gasteiger partial charge in [-0.15, -0.1) is 0 Å². The van der Waals surface area contributed by atoms with E-state index in [1.165, 1.54) is 25.7 Å². The minimum atomic E-state index is -0.169. The molecule has 0 aromatic carbocycles. The Labute approximate surface area is 87.2 Å². The Kier molecular flexibility index (Phi) is 2.85. The summed E-state index contributed by atoms with van der Waals surface area (Å²) in [5, 5.41) is 0. The smallest absolute Gasteiger partial charge is 0.0640 e. The molecule has 2 saturated carbocycles. The van der Waals surface area contributed by atoms with Gasteiger partial charge in [0.2, 0.25) is 0 Å². The molecular weight excluding hydrogens is 174 g/mol. The van der Waals surface area contributed by atoms with Crippen molar-refractivity contribution in [3.05, 3.63) is 0 Å². The van der Waals surface area contributed by atoms with Gasteiger partial charge in [-0.2, -0.15) is 0 Å². The molecule has 0 aromatic rings. The van der Waals surface area contributed by atoms with Crippen LogP contribution in [0, 0.1) is 17.8 Å². The van der Waals surface area contributed by atoms with E-state index in [0.29, 0.717) is 6.61 Å². The molecule has 0 aliphatic heterocycles. The Morgan fingerprint density at radius 3 is 2.57 bits per heavy atom. The molecule has 2 rings (SSSR count). The summed E-state index contributed by atoms with van der Waals surface area (Å²) in [5.74, 6) is 2.84. The minimum Gasteiger partial charge on any atom is -0.379 e. The molecule has 2 aliphatic carbocycles. The first kappa shape index (κ1) is 10.4.